The molecule has 0 bridgehead atoms. The number of carbonyl (C=O) groups excluding carboxylic acids is 2. The molecule has 8 nitrogen and oxygen atoms in total. The summed E-state index contributed by atoms with van der Waals surface area (Å²) in [6, 6.07) is 26.1. The first-order valence-electron chi connectivity index (χ1n) is 15.8. The second-order valence-corrected chi connectivity index (χ2v) is 14.2. The molecule has 0 unspecified atom stereocenters. The Morgan fingerprint density at radius 2 is 1.56 bits per heavy atom. The van der Waals surface area contributed by atoms with Crippen LogP contribution >= 0.6 is 23.2 Å². The lowest BCUT2D eigenvalue weighted by Gasteiger charge is -2.34. The van der Waals surface area contributed by atoms with Gasteiger partial charge in [-0.15, -0.1) is 0 Å². The van der Waals surface area contributed by atoms with Gasteiger partial charge in [-0.3, -0.25) is 13.9 Å². The second kappa shape index (κ2) is 16.9. The summed E-state index contributed by atoms with van der Waals surface area (Å²) >= 11 is 12.8. The van der Waals surface area contributed by atoms with Crippen molar-refractivity contribution in [2.45, 2.75) is 64.1 Å². The molecule has 2 amide bonds. The molecular formula is C37H41Cl2N3O5S. The highest BCUT2D eigenvalue weighted by molar-refractivity contribution is 7.92. The molecule has 0 fully saturated rings. The number of benzene rings is 4. The lowest BCUT2D eigenvalue weighted by Crippen LogP contribution is -2.54. The number of carbonyl (C=O) groups is 2. The van der Waals surface area contributed by atoms with E-state index < -0.39 is 28.5 Å². The van der Waals surface area contributed by atoms with Crippen molar-refractivity contribution in [3.05, 3.63) is 124 Å². The van der Waals surface area contributed by atoms with E-state index in [9.17, 15) is 18.0 Å². The van der Waals surface area contributed by atoms with Crippen LogP contribution in [0, 0.1) is 6.92 Å². The minimum Gasteiger partial charge on any atom is -0.494 e. The van der Waals surface area contributed by atoms with E-state index in [2.05, 4.69) is 5.32 Å². The van der Waals surface area contributed by atoms with Crippen LogP contribution < -0.4 is 14.4 Å². The summed E-state index contributed by atoms with van der Waals surface area (Å²) in [7, 11) is -4.24. The highest BCUT2D eigenvalue weighted by Gasteiger charge is 2.35. The molecule has 0 aliphatic heterocycles. The van der Waals surface area contributed by atoms with Gasteiger partial charge in [0.1, 0.15) is 18.3 Å². The van der Waals surface area contributed by atoms with Crippen molar-refractivity contribution in [1.82, 2.24) is 10.2 Å². The zero-order valence-electron chi connectivity index (χ0n) is 27.5. The predicted octanol–water partition coefficient (Wildman–Crippen LogP) is 7.45. The van der Waals surface area contributed by atoms with Crippen LogP contribution in [-0.4, -0.2) is 50.4 Å². The quantitative estimate of drug-likeness (QED) is 0.138. The van der Waals surface area contributed by atoms with Crippen LogP contribution in [0.2, 0.25) is 10.0 Å². The third-order valence-corrected chi connectivity index (χ3v) is 10.3. The fourth-order valence-corrected chi connectivity index (χ4v) is 6.95. The Labute approximate surface area is 293 Å². The fourth-order valence-electron chi connectivity index (χ4n) is 5.07. The summed E-state index contributed by atoms with van der Waals surface area (Å²) in [6.07, 6.45) is 0.870. The summed E-state index contributed by atoms with van der Waals surface area (Å²) in [6.45, 7) is 7.35. The maximum absolute atomic E-state index is 14.6. The van der Waals surface area contributed by atoms with Crippen molar-refractivity contribution in [2.75, 3.05) is 17.5 Å². The van der Waals surface area contributed by atoms with Gasteiger partial charge in [0.05, 0.1) is 17.2 Å². The number of rotatable bonds is 15. The molecule has 0 saturated heterocycles. The van der Waals surface area contributed by atoms with Crippen LogP contribution in [0.5, 0.6) is 5.75 Å². The second-order valence-electron chi connectivity index (χ2n) is 11.5. The number of sulfonamides is 1. The fraction of sp³-hybridized carbons (Fsp3) is 0.297. The number of nitrogens with one attached hydrogen (secondary N) is 1. The predicted molar refractivity (Wildman–Crippen MR) is 192 cm³/mol. The topological polar surface area (TPSA) is 96.0 Å². The zero-order chi connectivity index (χ0) is 34.8. The Balaban J connectivity index is 1.83. The van der Waals surface area contributed by atoms with Gasteiger partial charge in [0.2, 0.25) is 11.8 Å². The standard InChI is InChI=1S/C37H41Cl2N3O5S/c1-5-27(4)40-37(44)35(22-28-10-8-7-9-11-28)41(24-29-14-15-30(38)23-34(29)39)36(43)25-42(31-16-18-32(19-17-31)47-6-2)48(45,46)33-20-12-26(3)13-21-33/h7-21,23,27,35H,5-6,22,24-25H2,1-4H3,(H,40,44)/t27-,35-/m0/s1. The van der Waals surface area contributed by atoms with Gasteiger partial charge in [-0.25, -0.2) is 8.42 Å². The van der Waals surface area contributed by atoms with Gasteiger partial charge < -0.3 is 15.0 Å². The molecule has 4 aromatic rings. The first-order chi connectivity index (χ1) is 22.9. The average Bonchev–Trinajstić information content (AvgIpc) is 3.07. The van der Waals surface area contributed by atoms with Gasteiger partial charge in [-0.1, -0.05) is 84.2 Å². The van der Waals surface area contributed by atoms with Crippen LogP contribution in [0.4, 0.5) is 5.69 Å². The van der Waals surface area contributed by atoms with Gasteiger partial charge in [0, 0.05) is 29.1 Å². The Morgan fingerprint density at radius 1 is 0.896 bits per heavy atom. The largest absolute Gasteiger partial charge is 0.494 e. The van der Waals surface area contributed by atoms with Crippen molar-refractivity contribution in [3.63, 3.8) is 0 Å². The first kappa shape index (κ1) is 36.8. The van der Waals surface area contributed by atoms with E-state index in [4.69, 9.17) is 27.9 Å². The van der Waals surface area contributed by atoms with E-state index in [0.717, 1.165) is 15.4 Å². The molecule has 48 heavy (non-hydrogen) atoms. The Hall–Kier alpha value is -4.05. The van der Waals surface area contributed by atoms with E-state index in [-0.39, 0.29) is 35.5 Å². The third-order valence-electron chi connectivity index (χ3n) is 7.95. The van der Waals surface area contributed by atoms with Gasteiger partial charge >= 0.3 is 0 Å². The van der Waals surface area contributed by atoms with Crippen molar-refractivity contribution in [2.24, 2.45) is 0 Å². The number of hydrogen-bond acceptors (Lipinski definition) is 5. The number of ether oxygens (including phenoxy) is 1. The lowest BCUT2D eigenvalue weighted by molar-refractivity contribution is -0.140. The SMILES string of the molecule is CCOc1ccc(N(CC(=O)N(Cc2ccc(Cl)cc2Cl)[C@@H](Cc2ccccc2)C(=O)N[C@@H](C)CC)S(=O)(=O)c2ccc(C)cc2)cc1. The highest BCUT2D eigenvalue weighted by atomic mass is 35.5. The number of halogens is 2. The summed E-state index contributed by atoms with van der Waals surface area (Å²) in [5.41, 5.74) is 2.54. The Morgan fingerprint density at radius 3 is 2.17 bits per heavy atom. The van der Waals surface area contributed by atoms with Gasteiger partial charge in [-0.05, 0) is 86.8 Å². The summed E-state index contributed by atoms with van der Waals surface area (Å²) in [4.78, 5) is 30.1. The number of anilines is 1. The molecule has 4 rings (SSSR count). The van der Waals surface area contributed by atoms with Crippen molar-refractivity contribution < 1.29 is 22.7 Å². The molecule has 0 aliphatic rings. The van der Waals surface area contributed by atoms with Gasteiger partial charge in [0.15, 0.2) is 0 Å². The molecule has 2 atom stereocenters. The van der Waals surface area contributed by atoms with Crippen LogP contribution in [0.25, 0.3) is 0 Å². The van der Waals surface area contributed by atoms with Crippen LogP contribution in [0.3, 0.4) is 0 Å². The van der Waals surface area contributed by atoms with E-state index in [1.54, 1.807) is 54.6 Å². The highest BCUT2D eigenvalue weighted by Crippen LogP contribution is 2.28. The summed E-state index contributed by atoms with van der Waals surface area (Å²) in [5, 5.41) is 3.76. The average molecular weight is 711 g/mol. The van der Waals surface area contributed by atoms with Crippen molar-refractivity contribution >= 4 is 50.7 Å². The number of hydrogen-bond donors (Lipinski definition) is 1. The van der Waals surface area contributed by atoms with Crippen LogP contribution in [0.1, 0.15) is 43.9 Å². The van der Waals surface area contributed by atoms with Crippen molar-refractivity contribution in [1.29, 1.82) is 0 Å². The van der Waals surface area contributed by atoms with Gasteiger partial charge in [-0.2, -0.15) is 0 Å². The summed E-state index contributed by atoms with van der Waals surface area (Å²) < 4.78 is 35.1. The van der Waals surface area contributed by atoms with E-state index in [0.29, 0.717) is 34.4 Å². The Kier molecular flexibility index (Phi) is 12.9. The van der Waals surface area contributed by atoms with Crippen LogP contribution in [-0.2, 0) is 32.6 Å². The number of aryl methyl sites for hydroxylation is 1. The monoisotopic (exact) mass is 709 g/mol. The maximum atomic E-state index is 14.6. The smallest absolute Gasteiger partial charge is 0.264 e. The zero-order valence-corrected chi connectivity index (χ0v) is 29.9. The van der Waals surface area contributed by atoms with E-state index >= 15 is 0 Å². The number of nitrogens with zero attached hydrogens (tertiary/aromatic N) is 2. The molecular weight excluding hydrogens is 669 g/mol. The van der Waals surface area contributed by atoms with E-state index in [1.165, 1.54) is 17.0 Å². The lowest BCUT2D eigenvalue weighted by atomic mass is 10.0. The Bertz CT molecular complexity index is 1790. The molecule has 254 valence electrons. The molecule has 0 aliphatic carbocycles. The molecule has 1 N–H and O–H groups in total. The molecule has 0 aromatic heterocycles. The van der Waals surface area contributed by atoms with Gasteiger partial charge in [0.25, 0.3) is 10.0 Å². The number of amides is 2. The molecule has 0 saturated carbocycles. The van der Waals surface area contributed by atoms with E-state index in [1.807, 2.05) is 58.0 Å². The molecule has 4 aromatic carbocycles. The summed E-state index contributed by atoms with van der Waals surface area (Å²) in [5.74, 6) is -0.393. The first-order valence-corrected chi connectivity index (χ1v) is 18.0. The van der Waals surface area contributed by atoms with Crippen molar-refractivity contribution in [3.8, 4) is 5.75 Å². The molecule has 11 heteroatoms. The van der Waals surface area contributed by atoms with Crippen LogP contribution in [0.15, 0.2) is 102 Å². The third kappa shape index (κ3) is 9.52. The minimum atomic E-state index is -4.24. The maximum Gasteiger partial charge on any atom is 0.264 e. The molecule has 0 heterocycles. The molecule has 0 spiro atoms. The normalized spacial score (nSPS) is 12.5. The minimum absolute atomic E-state index is 0.0254. The molecule has 0 radical (unpaired) electrons.